The van der Waals surface area contributed by atoms with Crippen molar-refractivity contribution >= 4 is 0 Å². The van der Waals surface area contributed by atoms with Gasteiger partial charge < -0.3 is 5.32 Å². The molecule has 1 atom stereocenters. The number of hydrogen-bond donors (Lipinski definition) is 1. The molecule has 0 bridgehead atoms. The van der Waals surface area contributed by atoms with Gasteiger partial charge in [0.15, 0.2) is 0 Å². The molecule has 0 spiro atoms. The van der Waals surface area contributed by atoms with Crippen molar-refractivity contribution in [1.82, 2.24) is 15.1 Å². The number of fused-ring (bicyclic) bond motifs is 1. The van der Waals surface area contributed by atoms with Crippen molar-refractivity contribution in [3.05, 3.63) is 0 Å². The molecular weight excluding hydrogens is 222 g/mol. The third-order valence-corrected chi connectivity index (χ3v) is 4.48. The average molecular weight is 253 g/mol. The molecular formula is C15H31N3. The highest BCUT2D eigenvalue weighted by Crippen LogP contribution is 2.20. The second-order valence-corrected chi connectivity index (χ2v) is 5.94. The van der Waals surface area contributed by atoms with Crippen LogP contribution in [-0.2, 0) is 0 Å². The van der Waals surface area contributed by atoms with E-state index in [1.54, 1.807) is 0 Å². The third kappa shape index (κ3) is 4.52. The molecule has 2 heterocycles. The maximum atomic E-state index is 3.58. The minimum atomic E-state index is 0.868. The number of piperidine rings is 1. The summed E-state index contributed by atoms with van der Waals surface area (Å²) >= 11 is 0. The molecule has 2 aliphatic rings. The predicted octanol–water partition coefficient (Wildman–Crippen LogP) is 1.94. The van der Waals surface area contributed by atoms with Gasteiger partial charge in [-0.25, -0.2) is 0 Å². The van der Waals surface area contributed by atoms with Gasteiger partial charge >= 0.3 is 0 Å². The Balaban J connectivity index is 1.54. The summed E-state index contributed by atoms with van der Waals surface area (Å²) in [4.78, 5) is 5.38. The van der Waals surface area contributed by atoms with Crippen molar-refractivity contribution in [2.75, 3.05) is 45.8 Å². The Morgan fingerprint density at radius 3 is 2.89 bits per heavy atom. The number of nitrogens with one attached hydrogen (secondary N) is 1. The molecule has 2 rings (SSSR count). The molecule has 106 valence electrons. The molecule has 3 heteroatoms. The van der Waals surface area contributed by atoms with Gasteiger partial charge in [-0.05, 0) is 32.4 Å². The van der Waals surface area contributed by atoms with Gasteiger partial charge in [-0.3, -0.25) is 9.80 Å². The maximum Gasteiger partial charge on any atom is 0.0223 e. The first kappa shape index (κ1) is 14.3. The quantitative estimate of drug-likeness (QED) is 0.700. The first-order valence-electron chi connectivity index (χ1n) is 8.07. The van der Waals surface area contributed by atoms with Crippen LogP contribution in [0.4, 0.5) is 0 Å². The number of nitrogens with zero attached hydrogens (tertiary/aromatic N) is 2. The molecule has 0 aromatic heterocycles. The summed E-state index contributed by atoms with van der Waals surface area (Å²) in [6.07, 6.45) is 8.34. The van der Waals surface area contributed by atoms with Crippen LogP contribution in [0.2, 0.25) is 0 Å². The summed E-state index contributed by atoms with van der Waals surface area (Å²) in [5.41, 5.74) is 0. The Morgan fingerprint density at radius 2 is 2.00 bits per heavy atom. The Kier molecular flexibility index (Phi) is 6.46. The fourth-order valence-corrected chi connectivity index (χ4v) is 3.29. The Bertz CT molecular complexity index is 220. The lowest BCUT2D eigenvalue weighted by Crippen LogP contribution is -2.55. The summed E-state index contributed by atoms with van der Waals surface area (Å²) in [7, 11) is 0. The Hall–Kier alpha value is -0.120. The molecule has 0 aromatic carbocycles. The standard InChI is InChI=1S/C15H31N3/c1-2-3-5-8-16-9-11-17-12-13-18-10-6-4-7-15(18)14-17/h15-16H,2-14H2,1H3. The van der Waals surface area contributed by atoms with Gasteiger partial charge in [-0.2, -0.15) is 0 Å². The van der Waals surface area contributed by atoms with E-state index in [2.05, 4.69) is 22.0 Å². The van der Waals surface area contributed by atoms with E-state index in [1.807, 2.05) is 0 Å². The van der Waals surface area contributed by atoms with E-state index in [0.717, 1.165) is 6.04 Å². The van der Waals surface area contributed by atoms with Crippen LogP contribution in [0.15, 0.2) is 0 Å². The minimum absolute atomic E-state index is 0.868. The van der Waals surface area contributed by atoms with E-state index in [-0.39, 0.29) is 0 Å². The van der Waals surface area contributed by atoms with Crippen molar-refractivity contribution in [3.63, 3.8) is 0 Å². The molecule has 0 radical (unpaired) electrons. The van der Waals surface area contributed by atoms with Crippen molar-refractivity contribution in [1.29, 1.82) is 0 Å². The minimum Gasteiger partial charge on any atom is -0.315 e. The van der Waals surface area contributed by atoms with E-state index in [4.69, 9.17) is 0 Å². The maximum absolute atomic E-state index is 3.58. The summed E-state index contributed by atoms with van der Waals surface area (Å²) in [5, 5.41) is 3.58. The molecule has 2 aliphatic heterocycles. The summed E-state index contributed by atoms with van der Waals surface area (Å²) in [6, 6.07) is 0.868. The third-order valence-electron chi connectivity index (χ3n) is 4.48. The topological polar surface area (TPSA) is 18.5 Å². The van der Waals surface area contributed by atoms with Crippen molar-refractivity contribution in [2.24, 2.45) is 0 Å². The van der Waals surface area contributed by atoms with Gasteiger partial charge in [-0.15, -0.1) is 0 Å². The van der Waals surface area contributed by atoms with Crippen LogP contribution in [0, 0.1) is 0 Å². The van der Waals surface area contributed by atoms with Gasteiger partial charge in [0.25, 0.3) is 0 Å². The zero-order valence-electron chi connectivity index (χ0n) is 12.2. The van der Waals surface area contributed by atoms with Crippen molar-refractivity contribution in [3.8, 4) is 0 Å². The van der Waals surface area contributed by atoms with Gasteiger partial charge in [0.1, 0.15) is 0 Å². The highest BCUT2D eigenvalue weighted by atomic mass is 15.3. The van der Waals surface area contributed by atoms with Crippen molar-refractivity contribution in [2.45, 2.75) is 51.5 Å². The summed E-state index contributed by atoms with van der Waals surface area (Å²) in [5.74, 6) is 0. The fourth-order valence-electron chi connectivity index (χ4n) is 3.29. The van der Waals surface area contributed by atoms with E-state index < -0.39 is 0 Å². The fraction of sp³-hybridized carbons (Fsp3) is 1.00. The molecule has 2 saturated heterocycles. The first-order chi connectivity index (χ1) is 8.90. The molecule has 0 saturated carbocycles. The molecule has 1 unspecified atom stereocenters. The van der Waals surface area contributed by atoms with E-state index in [1.165, 1.54) is 84.3 Å². The number of unbranched alkanes of at least 4 members (excludes halogenated alkanes) is 2. The average Bonchev–Trinajstić information content (AvgIpc) is 2.42. The van der Waals surface area contributed by atoms with Crippen molar-refractivity contribution < 1.29 is 0 Å². The lowest BCUT2D eigenvalue weighted by Gasteiger charge is -2.44. The molecule has 0 aromatic rings. The number of piperazine rings is 1. The molecule has 0 aliphatic carbocycles. The lowest BCUT2D eigenvalue weighted by molar-refractivity contribution is 0.0500. The van der Waals surface area contributed by atoms with Crippen LogP contribution in [0.3, 0.4) is 0 Å². The zero-order valence-corrected chi connectivity index (χ0v) is 12.2. The molecule has 18 heavy (non-hydrogen) atoms. The van der Waals surface area contributed by atoms with Crippen LogP contribution in [0.25, 0.3) is 0 Å². The molecule has 1 N–H and O–H groups in total. The van der Waals surface area contributed by atoms with Gasteiger partial charge in [0.2, 0.25) is 0 Å². The Morgan fingerprint density at radius 1 is 1.06 bits per heavy atom. The predicted molar refractivity (Wildman–Crippen MR) is 78.0 cm³/mol. The van der Waals surface area contributed by atoms with Crippen LogP contribution in [-0.4, -0.2) is 61.7 Å². The molecule has 3 nitrogen and oxygen atoms in total. The monoisotopic (exact) mass is 253 g/mol. The van der Waals surface area contributed by atoms with E-state index in [9.17, 15) is 0 Å². The van der Waals surface area contributed by atoms with Gasteiger partial charge in [0, 0.05) is 38.8 Å². The number of rotatable bonds is 7. The van der Waals surface area contributed by atoms with Crippen LogP contribution in [0.1, 0.15) is 45.4 Å². The molecule has 0 amide bonds. The Labute approximate surface area is 113 Å². The lowest BCUT2D eigenvalue weighted by atomic mass is 9.99. The second-order valence-electron chi connectivity index (χ2n) is 5.94. The van der Waals surface area contributed by atoms with Crippen LogP contribution >= 0.6 is 0 Å². The second kappa shape index (κ2) is 8.13. The van der Waals surface area contributed by atoms with E-state index in [0.29, 0.717) is 0 Å². The van der Waals surface area contributed by atoms with Gasteiger partial charge in [-0.1, -0.05) is 26.2 Å². The highest BCUT2D eigenvalue weighted by Gasteiger charge is 2.28. The van der Waals surface area contributed by atoms with Crippen LogP contribution < -0.4 is 5.32 Å². The summed E-state index contributed by atoms with van der Waals surface area (Å²) in [6.45, 7) is 11.2. The van der Waals surface area contributed by atoms with Gasteiger partial charge in [0.05, 0.1) is 0 Å². The molecule has 2 fully saturated rings. The largest absolute Gasteiger partial charge is 0.315 e. The first-order valence-corrected chi connectivity index (χ1v) is 8.07. The highest BCUT2D eigenvalue weighted by molar-refractivity contribution is 4.85. The normalized spacial score (nSPS) is 26.2. The number of hydrogen-bond acceptors (Lipinski definition) is 3. The van der Waals surface area contributed by atoms with E-state index >= 15 is 0 Å². The SMILES string of the molecule is CCCCCNCCN1CCN2CCCCC2C1. The summed E-state index contributed by atoms with van der Waals surface area (Å²) < 4.78 is 0. The van der Waals surface area contributed by atoms with Crippen LogP contribution in [0.5, 0.6) is 0 Å². The zero-order chi connectivity index (χ0) is 12.6. The smallest absolute Gasteiger partial charge is 0.0223 e.